The number of nitrogens with zero attached hydrogens (tertiary/aromatic N) is 2. The minimum Gasteiger partial charge on any atom is -0.456 e. The summed E-state index contributed by atoms with van der Waals surface area (Å²) in [5, 5.41) is 7.17. The van der Waals surface area contributed by atoms with Crippen LogP contribution >= 0.6 is 0 Å². The molecule has 55 heavy (non-hydrogen) atoms. The molecule has 0 aliphatic carbocycles. The fraction of sp³-hybridized carbons (Fsp3) is 0. The zero-order valence-electron chi connectivity index (χ0n) is 29.9. The third-order valence-electron chi connectivity index (χ3n) is 11.0. The first-order valence-electron chi connectivity index (χ1n) is 18.8. The molecular weight excluding hydrogens is 669 g/mol. The largest absolute Gasteiger partial charge is 0.456 e. The van der Waals surface area contributed by atoms with Crippen molar-refractivity contribution in [2.24, 2.45) is 0 Å². The molecule has 11 rings (SSSR count). The van der Waals surface area contributed by atoms with Gasteiger partial charge in [0.25, 0.3) is 0 Å². The summed E-state index contributed by atoms with van der Waals surface area (Å²) in [5.74, 6) is 0. The molecule has 0 amide bonds. The van der Waals surface area contributed by atoms with Gasteiger partial charge >= 0.3 is 0 Å². The van der Waals surface area contributed by atoms with Crippen molar-refractivity contribution in [2.75, 3.05) is 4.90 Å². The zero-order chi connectivity index (χ0) is 36.3. The number of hydrogen-bond donors (Lipinski definition) is 0. The summed E-state index contributed by atoms with van der Waals surface area (Å²) in [6.07, 6.45) is 0. The van der Waals surface area contributed by atoms with Crippen molar-refractivity contribution in [1.29, 1.82) is 0 Å². The molecule has 0 atom stereocenters. The van der Waals surface area contributed by atoms with Gasteiger partial charge in [0.2, 0.25) is 0 Å². The number of anilines is 3. The monoisotopic (exact) mass is 702 g/mol. The molecule has 0 bridgehead atoms. The predicted molar refractivity (Wildman–Crippen MR) is 231 cm³/mol. The second-order valence-electron chi connectivity index (χ2n) is 14.1. The summed E-state index contributed by atoms with van der Waals surface area (Å²) in [7, 11) is 0. The molecule has 11 aromatic rings. The van der Waals surface area contributed by atoms with E-state index in [2.05, 4.69) is 204 Å². The van der Waals surface area contributed by atoms with Gasteiger partial charge in [-0.2, -0.15) is 0 Å². The van der Waals surface area contributed by atoms with Gasteiger partial charge in [-0.15, -0.1) is 0 Å². The summed E-state index contributed by atoms with van der Waals surface area (Å²) >= 11 is 0. The quantitative estimate of drug-likeness (QED) is 0.172. The Hall–Kier alpha value is -7.36. The van der Waals surface area contributed by atoms with Crippen LogP contribution in [0.3, 0.4) is 0 Å². The summed E-state index contributed by atoms with van der Waals surface area (Å²) in [6, 6.07) is 74.0. The maximum Gasteiger partial charge on any atom is 0.137 e. The standard InChI is InChI=1S/C52H34N2O/c1-2-13-35(14-3-1)38-16-12-17-40(33-38)53(41-30-31-46-45-21-8-11-24-50(45)55-51(46)34-41)39-28-25-37(26-29-39)52-42-18-5-4-15-36(42)27-32-49(52)54-47-22-9-6-19-43(47)44-20-7-10-23-48(44)54/h1-34H. The van der Waals surface area contributed by atoms with Crippen molar-refractivity contribution in [2.45, 2.75) is 0 Å². The normalized spacial score (nSPS) is 11.6. The van der Waals surface area contributed by atoms with Gasteiger partial charge in [-0.05, 0) is 88.1 Å². The Balaban J connectivity index is 1.10. The van der Waals surface area contributed by atoms with Crippen LogP contribution in [0.2, 0.25) is 0 Å². The molecule has 258 valence electrons. The maximum atomic E-state index is 6.41. The number of benzene rings is 9. The van der Waals surface area contributed by atoms with Crippen molar-refractivity contribution in [3.63, 3.8) is 0 Å². The van der Waals surface area contributed by atoms with E-state index in [0.717, 1.165) is 55.8 Å². The molecule has 0 N–H and O–H groups in total. The molecule has 0 fully saturated rings. The van der Waals surface area contributed by atoms with Gasteiger partial charge in [0.05, 0.1) is 16.7 Å². The maximum absolute atomic E-state index is 6.41. The molecule has 3 nitrogen and oxygen atoms in total. The molecule has 3 heteroatoms. The highest BCUT2D eigenvalue weighted by Crippen LogP contribution is 2.43. The van der Waals surface area contributed by atoms with E-state index in [4.69, 9.17) is 4.42 Å². The van der Waals surface area contributed by atoms with E-state index in [1.54, 1.807) is 0 Å². The van der Waals surface area contributed by atoms with Gasteiger partial charge in [0.15, 0.2) is 0 Å². The van der Waals surface area contributed by atoms with Gasteiger partial charge in [-0.3, -0.25) is 0 Å². The fourth-order valence-electron chi connectivity index (χ4n) is 8.47. The Bertz CT molecular complexity index is 3150. The molecule has 0 saturated heterocycles. The molecule has 0 unspecified atom stereocenters. The van der Waals surface area contributed by atoms with Crippen molar-refractivity contribution in [3.8, 4) is 27.9 Å². The average molecular weight is 703 g/mol. The van der Waals surface area contributed by atoms with E-state index < -0.39 is 0 Å². The highest BCUT2D eigenvalue weighted by atomic mass is 16.3. The second-order valence-corrected chi connectivity index (χ2v) is 14.1. The summed E-state index contributed by atoms with van der Waals surface area (Å²) in [4.78, 5) is 2.33. The van der Waals surface area contributed by atoms with Crippen molar-refractivity contribution in [3.05, 3.63) is 206 Å². The van der Waals surface area contributed by atoms with E-state index in [9.17, 15) is 0 Å². The number of aromatic nitrogens is 1. The molecule has 2 aromatic heterocycles. The Kier molecular flexibility index (Phi) is 7.17. The van der Waals surface area contributed by atoms with Crippen LogP contribution in [-0.2, 0) is 0 Å². The van der Waals surface area contributed by atoms with Crippen LogP contribution in [-0.4, -0.2) is 4.57 Å². The zero-order valence-corrected chi connectivity index (χ0v) is 29.9. The van der Waals surface area contributed by atoms with Crippen LogP contribution in [0, 0.1) is 0 Å². The number of hydrogen-bond acceptors (Lipinski definition) is 2. The molecule has 0 radical (unpaired) electrons. The third kappa shape index (κ3) is 5.13. The fourth-order valence-corrected chi connectivity index (χ4v) is 8.47. The first-order valence-corrected chi connectivity index (χ1v) is 18.8. The Morgan fingerprint density at radius 1 is 0.345 bits per heavy atom. The molecule has 9 aromatic carbocycles. The van der Waals surface area contributed by atoms with Crippen LogP contribution in [0.1, 0.15) is 0 Å². The van der Waals surface area contributed by atoms with Crippen molar-refractivity contribution in [1.82, 2.24) is 4.57 Å². The van der Waals surface area contributed by atoms with Crippen molar-refractivity contribution < 1.29 is 4.42 Å². The van der Waals surface area contributed by atoms with Gasteiger partial charge < -0.3 is 13.9 Å². The van der Waals surface area contributed by atoms with E-state index in [1.165, 1.54) is 43.7 Å². The van der Waals surface area contributed by atoms with Gasteiger partial charge in [0, 0.05) is 50.2 Å². The number of para-hydroxylation sites is 3. The molecule has 0 aliphatic heterocycles. The number of furan rings is 1. The minimum absolute atomic E-state index is 0.867. The minimum atomic E-state index is 0.867. The first kappa shape index (κ1) is 31.2. The predicted octanol–water partition coefficient (Wildman–Crippen LogP) is 14.6. The van der Waals surface area contributed by atoms with Gasteiger partial charge in [0.1, 0.15) is 11.2 Å². The molecule has 2 heterocycles. The van der Waals surface area contributed by atoms with E-state index >= 15 is 0 Å². The van der Waals surface area contributed by atoms with Gasteiger partial charge in [-0.1, -0.05) is 140 Å². The Labute approximate surface area is 318 Å². The number of rotatable bonds is 6. The first-order chi connectivity index (χ1) is 27.3. The van der Waals surface area contributed by atoms with Crippen molar-refractivity contribution >= 4 is 71.6 Å². The second kappa shape index (κ2) is 12.6. The van der Waals surface area contributed by atoms with E-state index in [0.29, 0.717) is 0 Å². The van der Waals surface area contributed by atoms with Crippen LogP contribution in [0.4, 0.5) is 17.1 Å². The highest BCUT2D eigenvalue weighted by Gasteiger charge is 2.20. The Morgan fingerprint density at radius 3 is 1.73 bits per heavy atom. The molecule has 0 saturated carbocycles. The highest BCUT2D eigenvalue weighted by molar-refractivity contribution is 6.11. The lowest BCUT2D eigenvalue weighted by Crippen LogP contribution is -2.10. The topological polar surface area (TPSA) is 21.3 Å². The van der Waals surface area contributed by atoms with Crippen LogP contribution in [0.15, 0.2) is 211 Å². The smallest absolute Gasteiger partial charge is 0.137 e. The lowest BCUT2D eigenvalue weighted by molar-refractivity contribution is 0.669. The van der Waals surface area contributed by atoms with E-state index in [-0.39, 0.29) is 0 Å². The van der Waals surface area contributed by atoms with Crippen LogP contribution in [0.25, 0.3) is 82.5 Å². The van der Waals surface area contributed by atoms with E-state index in [1.807, 2.05) is 12.1 Å². The van der Waals surface area contributed by atoms with Gasteiger partial charge in [-0.25, -0.2) is 0 Å². The Morgan fingerprint density at radius 2 is 0.945 bits per heavy atom. The third-order valence-corrected chi connectivity index (χ3v) is 11.0. The summed E-state index contributed by atoms with van der Waals surface area (Å²) < 4.78 is 8.84. The lowest BCUT2D eigenvalue weighted by atomic mass is 9.95. The van der Waals surface area contributed by atoms with Crippen LogP contribution in [0.5, 0.6) is 0 Å². The summed E-state index contributed by atoms with van der Waals surface area (Å²) in [5.41, 5.74) is 13.2. The molecule has 0 spiro atoms. The molecule has 0 aliphatic rings. The van der Waals surface area contributed by atoms with Crippen LogP contribution < -0.4 is 4.90 Å². The lowest BCUT2D eigenvalue weighted by Gasteiger charge is -2.26. The SMILES string of the molecule is c1ccc(-c2cccc(N(c3ccc(-c4c(-n5c6ccccc6c6ccccc65)ccc5ccccc45)cc3)c3ccc4c(c3)oc3ccccc34)c2)cc1. The average Bonchev–Trinajstić information content (AvgIpc) is 3.80. The summed E-state index contributed by atoms with van der Waals surface area (Å²) in [6.45, 7) is 0. The molecular formula is C52H34N2O. The number of fused-ring (bicyclic) bond motifs is 7.